The first-order valence-electron chi connectivity index (χ1n) is 9.95. The van der Waals surface area contributed by atoms with Crippen LogP contribution in [-0.2, 0) is 12.2 Å². The summed E-state index contributed by atoms with van der Waals surface area (Å²) in [6.07, 6.45) is 8.77. The molecule has 0 bridgehead atoms. The summed E-state index contributed by atoms with van der Waals surface area (Å²) in [7, 11) is 0. The van der Waals surface area contributed by atoms with Crippen LogP contribution in [0.5, 0.6) is 0 Å². The predicted molar refractivity (Wildman–Crippen MR) is 113 cm³/mol. The fourth-order valence-electron chi connectivity index (χ4n) is 3.85. The van der Waals surface area contributed by atoms with Gasteiger partial charge in [-0.15, -0.1) is 21.5 Å². The van der Waals surface area contributed by atoms with Gasteiger partial charge >= 0.3 is 0 Å². The number of hydrogen-bond donors (Lipinski definition) is 0. The first-order valence-corrected chi connectivity index (χ1v) is 11.8. The fourth-order valence-corrected chi connectivity index (χ4v) is 5.46. The highest BCUT2D eigenvalue weighted by molar-refractivity contribution is 7.98. The van der Waals surface area contributed by atoms with Crippen LogP contribution in [0.4, 0.5) is 0 Å². The molecule has 0 saturated heterocycles. The molecule has 0 unspecified atom stereocenters. The zero-order valence-corrected chi connectivity index (χ0v) is 17.6. The van der Waals surface area contributed by atoms with Crippen LogP contribution in [0, 0.1) is 0 Å². The number of aromatic nitrogens is 4. The van der Waals surface area contributed by atoms with E-state index in [1.54, 1.807) is 29.4 Å². The highest BCUT2D eigenvalue weighted by atomic mass is 32.2. The number of thioether (sulfide) groups is 1. The molecule has 5 rings (SSSR count). The van der Waals surface area contributed by atoms with Crippen LogP contribution in [0.2, 0.25) is 0 Å². The summed E-state index contributed by atoms with van der Waals surface area (Å²) in [5.41, 5.74) is 0.874. The van der Waals surface area contributed by atoms with Crippen LogP contribution in [0.15, 0.2) is 56.1 Å². The highest BCUT2D eigenvalue weighted by Crippen LogP contribution is 2.34. The van der Waals surface area contributed by atoms with Crippen molar-refractivity contribution in [3.8, 4) is 11.5 Å². The van der Waals surface area contributed by atoms with Crippen LogP contribution >= 0.6 is 23.1 Å². The van der Waals surface area contributed by atoms with Gasteiger partial charge in [-0.2, -0.15) is 0 Å². The number of nitrogens with zero attached hydrogens (tertiary/aromatic N) is 4. The zero-order chi connectivity index (χ0) is 19.5. The van der Waals surface area contributed by atoms with E-state index in [4.69, 9.17) is 8.94 Å². The molecule has 0 amide bonds. The summed E-state index contributed by atoms with van der Waals surface area (Å²) in [4.78, 5) is 1.32. The highest BCUT2D eigenvalue weighted by Gasteiger charge is 2.23. The maximum absolute atomic E-state index is 5.42. The van der Waals surface area contributed by atoms with Crippen molar-refractivity contribution in [3.05, 3.63) is 58.4 Å². The van der Waals surface area contributed by atoms with E-state index in [9.17, 15) is 0 Å². The van der Waals surface area contributed by atoms with Gasteiger partial charge < -0.3 is 13.5 Å². The standard InChI is InChI=1S/C21H22N4O2S2/c1-2-6-16(7-3-1)25-20(13-17-8-5-11-28-17)22-23-21(25)29-14-15-12-19(27-24-15)18-9-4-10-26-18/h4-5,8-12,16H,1-3,6-7,13-14H2. The number of furan rings is 1. The topological polar surface area (TPSA) is 69.9 Å². The maximum atomic E-state index is 5.42. The van der Waals surface area contributed by atoms with Gasteiger partial charge in [0.2, 0.25) is 5.76 Å². The van der Waals surface area contributed by atoms with Crippen molar-refractivity contribution in [2.75, 3.05) is 0 Å². The largest absolute Gasteiger partial charge is 0.461 e. The molecule has 1 aliphatic carbocycles. The van der Waals surface area contributed by atoms with Crippen molar-refractivity contribution in [1.29, 1.82) is 0 Å². The van der Waals surface area contributed by atoms with Gasteiger partial charge in [0.05, 0.1) is 12.0 Å². The first-order chi connectivity index (χ1) is 14.4. The summed E-state index contributed by atoms with van der Waals surface area (Å²) in [6, 6.07) is 10.4. The Hall–Kier alpha value is -2.32. The SMILES string of the molecule is c1coc(-c2cc(CSc3nnc(Cc4cccs4)n3C3CCCCC3)no2)c1. The van der Waals surface area contributed by atoms with E-state index in [0.29, 0.717) is 23.3 Å². The van der Waals surface area contributed by atoms with Gasteiger partial charge in [-0.25, -0.2) is 0 Å². The molecule has 0 radical (unpaired) electrons. The molecule has 0 atom stereocenters. The van der Waals surface area contributed by atoms with Gasteiger partial charge in [0.15, 0.2) is 10.9 Å². The Balaban J connectivity index is 1.35. The second-order valence-corrected chi connectivity index (χ2v) is 9.24. The average Bonchev–Trinajstić information content (AvgIpc) is 3.54. The minimum absolute atomic E-state index is 0.493. The number of hydrogen-bond acceptors (Lipinski definition) is 7. The average molecular weight is 427 g/mol. The molecule has 0 N–H and O–H groups in total. The molecule has 0 aromatic carbocycles. The normalized spacial score (nSPS) is 15.2. The second-order valence-electron chi connectivity index (χ2n) is 7.27. The lowest BCUT2D eigenvalue weighted by atomic mass is 9.95. The van der Waals surface area contributed by atoms with Crippen molar-refractivity contribution in [2.24, 2.45) is 0 Å². The minimum Gasteiger partial charge on any atom is -0.461 e. The smallest absolute Gasteiger partial charge is 0.202 e. The fraction of sp³-hybridized carbons (Fsp3) is 0.381. The predicted octanol–water partition coefficient (Wildman–Crippen LogP) is 5.98. The van der Waals surface area contributed by atoms with Gasteiger partial charge in [-0.05, 0) is 36.4 Å². The summed E-state index contributed by atoms with van der Waals surface area (Å²) in [5.74, 6) is 3.10. The third kappa shape index (κ3) is 4.18. The van der Waals surface area contributed by atoms with E-state index in [1.807, 2.05) is 18.2 Å². The summed E-state index contributed by atoms with van der Waals surface area (Å²) < 4.78 is 13.2. The van der Waals surface area contributed by atoms with Crippen molar-refractivity contribution in [3.63, 3.8) is 0 Å². The van der Waals surface area contributed by atoms with Crippen LogP contribution in [-0.4, -0.2) is 19.9 Å². The van der Waals surface area contributed by atoms with E-state index in [-0.39, 0.29) is 0 Å². The van der Waals surface area contributed by atoms with Crippen LogP contribution < -0.4 is 0 Å². The molecular weight excluding hydrogens is 404 g/mol. The third-order valence-corrected chi connectivity index (χ3v) is 7.11. The Labute approximate surface area is 177 Å². The Morgan fingerprint density at radius 3 is 2.83 bits per heavy atom. The van der Waals surface area contributed by atoms with Crippen LogP contribution in [0.1, 0.15) is 54.5 Å². The molecule has 0 aliphatic heterocycles. The van der Waals surface area contributed by atoms with Crippen LogP contribution in [0.3, 0.4) is 0 Å². The molecule has 6 nitrogen and oxygen atoms in total. The van der Waals surface area contributed by atoms with Crippen molar-refractivity contribution in [2.45, 2.75) is 55.5 Å². The molecule has 8 heteroatoms. The van der Waals surface area contributed by atoms with Crippen LogP contribution in [0.25, 0.3) is 11.5 Å². The van der Waals surface area contributed by atoms with Crippen molar-refractivity contribution < 1.29 is 8.94 Å². The van der Waals surface area contributed by atoms with E-state index < -0.39 is 0 Å². The van der Waals surface area contributed by atoms with E-state index in [0.717, 1.165) is 23.1 Å². The zero-order valence-electron chi connectivity index (χ0n) is 16.0. The van der Waals surface area contributed by atoms with Gasteiger partial charge in [-0.1, -0.05) is 42.2 Å². The number of thiophene rings is 1. The molecule has 4 heterocycles. The molecule has 29 heavy (non-hydrogen) atoms. The maximum Gasteiger partial charge on any atom is 0.202 e. The Bertz CT molecular complexity index is 1030. The lowest BCUT2D eigenvalue weighted by Gasteiger charge is -2.25. The van der Waals surface area contributed by atoms with Gasteiger partial charge in [-0.3, -0.25) is 0 Å². The third-order valence-electron chi connectivity index (χ3n) is 5.26. The molecule has 150 valence electrons. The molecule has 0 spiro atoms. The van der Waals surface area contributed by atoms with Gasteiger partial charge in [0, 0.05) is 29.2 Å². The Kier molecular flexibility index (Phi) is 5.53. The number of rotatable bonds is 7. The van der Waals surface area contributed by atoms with E-state index in [1.165, 1.54) is 37.0 Å². The Morgan fingerprint density at radius 2 is 2.03 bits per heavy atom. The summed E-state index contributed by atoms with van der Waals surface area (Å²) in [6.45, 7) is 0. The summed E-state index contributed by atoms with van der Waals surface area (Å²) in [5, 5.41) is 16.4. The second kappa shape index (κ2) is 8.59. The minimum atomic E-state index is 0.493. The lowest BCUT2D eigenvalue weighted by Crippen LogP contribution is -2.16. The molecule has 1 fully saturated rings. The molecule has 4 aromatic heterocycles. The molecular formula is C21H22N4O2S2. The van der Waals surface area contributed by atoms with Crippen molar-refractivity contribution >= 4 is 23.1 Å². The van der Waals surface area contributed by atoms with Gasteiger partial charge in [0.1, 0.15) is 5.82 Å². The van der Waals surface area contributed by atoms with Crippen molar-refractivity contribution in [1.82, 2.24) is 19.9 Å². The first kappa shape index (κ1) is 18.7. The molecule has 1 aliphatic rings. The lowest BCUT2D eigenvalue weighted by molar-refractivity contribution is 0.330. The quantitative estimate of drug-likeness (QED) is 0.339. The summed E-state index contributed by atoms with van der Waals surface area (Å²) >= 11 is 3.45. The monoisotopic (exact) mass is 426 g/mol. The van der Waals surface area contributed by atoms with E-state index in [2.05, 4.69) is 37.4 Å². The van der Waals surface area contributed by atoms with E-state index >= 15 is 0 Å². The molecule has 4 aromatic rings. The molecule has 1 saturated carbocycles. The van der Waals surface area contributed by atoms with Gasteiger partial charge in [0.25, 0.3) is 0 Å². The Morgan fingerprint density at radius 1 is 1.10 bits per heavy atom.